The largest absolute Gasteiger partial charge is 0.494 e. The molecule has 156 valence electrons. The van der Waals surface area contributed by atoms with Crippen LogP contribution in [0.15, 0.2) is 48.5 Å². The maximum Gasteiger partial charge on any atom is 0.343 e. The minimum Gasteiger partial charge on any atom is -0.494 e. The van der Waals surface area contributed by atoms with Gasteiger partial charge in [-0.2, -0.15) is 0 Å². The van der Waals surface area contributed by atoms with Crippen LogP contribution >= 0.6 is 0 Å². The number of Topliss-reactive ketones (excluding diaryl/α,β-unsaturated/α-hetero) is 1. The van der Waals surface area contributed by atoms with E-state index >= 15 is 0 Å². The summed E-state index contributed by atoms with van der Waals surface area (Å²) >= 11 is 0. The first-order chi connectivity index (χ1) is 14.0. The van der Waals surface area contributed by atoms with Gasteiger partial charge in [0.15, 0.2) is 5.78 Å². The highest BCUT2D eigenvalue weighted by Crippen LogP contribution is 2.19. The summed E-state index contributed by atoms with van der Waals surface area (Å²) in [6.45, 7) is 7.01. The van der Waals surface area contributed by atoms with Crippen LogP contribution in [0.3, 0.4) is 0 Å². The molecule has 0 N–H and O–H groups in total. The quantitative estimate of drug-likeness (QED) is 0.178. The first kappa shape index (κ1) is 22.7. The van der Waals surface area contributed by atoms with E-state index in [-0.39, 0.29) is 5.78 Å². The number of unbranched alkanes of at least 4 members (excludes halogenated alkanes) is 3. The third kappa shape index (κ3) is 7.72. The molecule has 0 fully saturated rings. The number of ether oxygens (including phenoxy) is 2. The van der Waals surface area contributed by atoms with Crippen LogP contribution in [-0.4, -0.2) is 18.4 Å². The van der Waals surface area contributed by atoms with Crippen LogP contribution in [0.4, 0.5) is 0 Å². The lowest BCUT2D eigenvalue weighted by Gasteiger charge is -2.09. The van der Waals surface area contributed by atoms with E-state index in [1.165, 1.54) is 19.3 Å². The van der Waals surface area contributed by atoms with Gasteiger partial charge in [-0.1, -0.05) is 46.5 Å². The molecule has 2 aromatic carbocycles. The molecule has 0 spiro atoms. The van der Waals surface area contributed by atoms with Gasteiger partial charge in [0.1, 0.15) is 11.5 Å². The Morgan fingerprint density at radius 3 is 2.07 bits per heavy atom. The molecule has 0 heterocycles. The number of hydrogen-bond donors (Lipinski definition) is 0. The van der Waals surface area contributed by atoms with Gasteiger partial charge in [-0.15, -0.1) is 0 Å². The van der Waals surface area contributed by atoms with E-state index in [4.69, 9.17) is 9.47 Å². The maximum atomic E-state index is 12.3. The van der Waals surface area contributed by atoms with Crippen molar-refractivity contribution in [3.63, 3.8) is 0 Å². The van der Waals surface area contributed by atoms with Crippen molar-refractivity contribution in [1.29, 1.82) is 0 Å². The Labute approximate surface area is 174 Å². The summed E-state index contributed by atoms with van der Waals surface area (Å²) in [5, 5.41) is 0. The van der Waals surface area contributed by atoms with E-state index in [0.717, 1.165) is 18.6 Å². The molecule has 2 rings (SSSR count). The molecule has 2 aromatic rings. The van der Waals surface area contributed by atoms with Crippen molar-refractivity contribution < 1.29 is 19.1 Å². The van der Waals surface area contributed by atoms with E-state index in [1.54, 1.807) is 48.5 Å². The number of carbonyl (C=O) groups is 2. The molecular weight excluding hydrogens is 364 g/mol. The van der Waals surface area contributed by atoms with Crippen molar-refractivity contribution in [2.45, 2.75) is 59.3 Å². The third-order valence-electron chi connectivity index (χ3n) is 4.97. The smallest absolute Gasteiger partial charge is 0.343 e. The fourth-order valence-electron chi connectivity index (χ4n) is 2.86. The molecule has 0 aliphatic rings. The number of esters is 1. The van der Waals surface area contributed by atoms with Crippen LogP contribution in [0.25, 0.3) is 0 Å². The Morgan fingerprint density at radius 2 is 1.45 bits per heavy atom. The molecule has 0 aromatic heterocycles. The molecule has 0 aliphatic carbocycles. The van der Waals surface area contributed by atoms with Gasteiger partial charge in [0.2, 0.25) is 0 Å². The highest BCUT2D eigenvalue weighted by atomic mass is 16.5. The lowest BCUT2D eigenvalue weighted by Crippen LogP contribution is -2.09. The minimum absolute atomic E-state index is 0.113. The summed E-state index contributed by atoms with van der Waals surface area (Å²) in [5.41, 5.74) is 1.10. The molecule has 0 saturated carbocycles. The molecule has 1 unspecified atom stereocenters. The van der Waals surface area contributed by atoms with E-state index in [2.05, 4.69) is 20.8 Å². The maximum absolute atomic E-state index is 12.3. The van der Waals surface area contributed by atoms with Crippen LogP contribution in [-0.2, 0) is 0 Å². The SMILES string of the molecule is CCCCCCOc1ccc(C(=O)Oc2ccc(C(=O)CC(C)CC)cc2)cc1. The molecule has 1 atom stereocenters. The topological polar surface area (TPSA) is 52.6 Å². The van der Waals surface area contributed by atoms with E-state index in [0.29, 0.717) is 35.8 Å². The lowest BCUT2D eigenvalue weighted by molar-refractivity contribution is 0.0734. The standard InChI is InChI=1S/C25H32O4/c1-4-6-7-8-17-28-22-13-11-21(12-14-22)25(27)29-23-15-9-20(10-16-23)24(26)18-19(3)5-2/h9-16,19H,4-8,17-18H2,1-3H3. The average molecular weight is 397 g/mol. The van der Waals surface area contributed by atoms with Crippen molar-refractivity contribution in [3.8, 4) is 11.5 Å². The first-order valence-electron chi connectivity index (χ1n) is 10.6. The first-order valence-corrected chi connectivity index (χ1v) is 10.6. The molecule has 0 aliphatic heterocycles. The predicted octanol–water partition coefficient (Wildman–Crippen LogP) is 6.48. The van der Waals surface area contributed by atoms with Gasteiger partial charge < -0.3 is 9.47 Å². The number of ketones is 1. The monoisotopic (exact) mass is 396 g/mol. The van der Waals surface area contributed by atoms with Crippen LogP contribution in [0, 0.1) is 5.92 Å². The van der Waals surface area contributed by atoms with Crippen molar-refractivity contribution in [2.75, 3.05) is 6.61 Å². The van der Waals surface area contributed by atoms with Gasteiger partial charge in [0, 0.05) is 12.0 Å². The lowest BCUT2D eigenvalue weighted by atomic mass is 9.98. The van der Waals surface area contributed by atoms with E-state index in [1.807, 2.05) is 0 Å². The summed E-state index contributed by atoms with van der Waals surface area (Å²) in [7, 11) is 0. The molecular formula is C25H32O4. The number of carbonyl (C=O) groups excluding carboxylic acids is 2. The summed E-state index contributed by atoms with van der Waals surface area (Å²) in [6.07, 6.45) is 6.14. The number of rotatable bonds is 12. The van der Waals surface area contributed by atoms with Crippen LogP contribution in [0.5, 0.6) is 11.5 Å². The van der Waals surface area contributed by atoms with Crippen molar-refractivity contribution in [2.24, 2.45) is 5.92 Å². The van der Waals surface area contributed by atoms with Crippen molar-refractivity contribution in [1.82, 2.24) is 0 Å². The summed E-state index contributed by atoms with van der Waals surface area (Å²) in [5.74, 6) is 1.22. The summed E-state index contributed by atoms with van der Waals surface area (Å²) in [6, 6.07) is 13.7. The summed E-state index contributed by atoms with van der Waals surface area (Å²) in [4.78, 5) is 24.5. The zero-order valence-corrected chi connectivity index (χ0v) is 17.8. The van der Waals surface area contributed by atoms with Gasteiger partial charge >= 0.3 is 5.97 Å². The fraction of sp³-hybridized carbons (Fsp3) is 0.440. The Bertz CT molecular complexity index is 762. The zero-order chi connectivity index (χ0) is 21.1. The van der Waals surface area contributed by atoms with E-state index < -0.39 is 5.97 Å². The molecule has 0 bridgehead atoms. The van der Waals surface area contributed by atoms with E-state index in [9.17, 15) is 9.59 Å². The molecule has 4 nitrogen and oxygen atoms in total. The van der Waals surface area contributed by atoms with Gasteiger partial charge in [0.25, 0.3) is 0 Å². The molecule has 4 heteroatoms. The number of benzene rings is 2. The second-order valence-electron chi connectivity index (χ2n) is 7.49. The molecule has 0 amide bonds. The summed E-state index contributed by atoms with van der Waals surface area (Å²) < 4.78 is 11.1. The highest BCUT2D eigenvalue weighted by Gasteiger charge is 2.12. The second-order valence-corrected chi connectivity index (χ2v) is 7.49. The van der Waals surface area contributed by atoms with Gasteiger partial charge in [0.05, 0.1) is 12.2 Å². The van der Waals surface area contributed by atoms with Gasteiger partial charge in [-0.3, -0.25) is 4.79 Å². The van der Waals surface area contributed by atoms with Crippen LogP contribution < -0.4 is 9.47 Å². The third-order valence-corrected chi connectivity index (χ3v) is 4.97. The van der Waals surface area contributed by atoms with Crippen LogP contribution in [0.2, 0.25) is 0 Å². The molecule has 0 saturated heterocycles. The van der Waals surface area contributed by atoms with Crippen LogP contribution in [0.1, 0.15) is 80.0 Å². The molecule has 29 heavy (non-hydrogen) atoms. The molecule has 0 radical (unpaired) electrons. The van der Waals surface area contributed by atoms with Crippen molar-refractivity contribution >= 4 is 11.8 Å². The number of hydrogen-bond acceptors (Lipinski definition) is 4. The van der Waals surface area contributed by atoms with Crippen molar-refractivity contribution in [3.05, 3.63) is 59.7 Å². The fourth-order valence-corrected chi connectivity index (χ4v) is 2.86. The minimum atomic E-state index is -0.432. The van der Waals surface area contributed by atoms with Gasteiger partial charge in [-0.05, 0) is 60.9 Å². The second kappa shape index (κ2) is 12.1. The predicted molar refractivity (Wildman–Crippen MR) is 116 cm³/mol. The Kier molecular flexibility index (Phi) is 9.42. The Hall–Kier alpha value is -2.62. The Balaban J connectivity index is 1.85. The zero-order valence-electron chi connectivity index (χ0n) is 17.8. The normalized spacial score (nSPS) is 11.7. The van der Waals surface area contributed by atoms with Gasteiger partial charge in [-0.25, -0.2) is 4.79 Å². The Morgan fingerprint density at radius 1 is 0.828 bits per heavy atom. The average Bonchev–Trinajstić information content (AvgIpc) is 2.74. The highest BCUT2D eigenvalue weighted by molar-refractivity contribution is 5.96.